The van der Waals surface area contributed by atoms with Gasteiger partial charge in [-0.25, -0.2) is 0 Å². The Balaban J connectivity index is 2.22. The molecular formula is C15H24N2O3. The lowest BCUT2D eigenvalue weighted by molar-refractivity contribution is -0.121. The van der Waals surface area contributed by atoms with Crippen LogP contribution in [0.1, 0.15) is 18.9 Å². The van der Waals surface area contributed by atoms with Crippen molar-refractivity contribution in [2.75, 3.05) is 33.4 Å². The second kappa shape index (κ2) is 8.68. The SMILES string of the molecule is COCCNC(=O)CCNCC(C)(O)c1ccccc1. The first-order valence-electron chi connectivity index (χ1n) is 6.80. The van der Waals surface area contributed by atoms with Gasteiger partial charge in [0.25, 0.3) is 0 Å². The van der Waals surface area contributed by atoms with Crippen molar-refractivity contribution in [2.45, 2.75) is 18.9 Å². The van der Waals surface area contributed by atoms with Gasteiger partial charge in [0.05, 0.1) is 12.2 Å². The molecule has 1 unspecified atom stereocenters. The minimum Gasteiger partial charge on any atom is -0.384 e. The number of aliphatic hydroxyl groups is 1. The van der Waals surface area contributed by atoms with Crippen LogP contribution in [0.2, 0.25) is 0 Å². The van der Waals surface area contributed by atoms with Crippen LogP contribution in [0.25, 0.3) is 0 Å². The highest BCUT2D eigenvalue weighted by Crippen LogP contribution is 2.18. The minimum atomic E-state index is -0.937. The zero-order valence-electron chi connectivity index (χ0n) is 12.2. The molecule has 0 bridgehead atoms. The Morgan fingerprint density at radius 2 is 2.00 bits per heavy atom. The average molecular weight is 280 g/mol. The summed E-state index contributed by atoms with van der Waals surface area (Å²) in [5.74, 6) is -0.0195. The monoisotopic (exact) mass is 280 g/mol. The molecule has 0 aliphatic heterocycles. The summed E-state index contributed by atoms with van der Waals surface area (Å²) in [4.78, 5) is 11.4. The second-order valence-electron chi connectivity index (χ2n) is 4.91. The van der Waals surface area contributed by atoms with Crippen LogP contribution < -0.4 is 10.6 Å². The predicted molar refractivity (Wildman–Crippen MR) is 78.4 cm³/mol. The number of benzene rings is 1. The maximum absolute atomic E-state index is 11.4. The van der Waals surface area contributed by atoms with E-state index in [1.807, 2.05) is 30.3 Å². The van der Waals surface area contributed by atoms with Gasteiger partial charge in [-0.1, -0.05) is 30.3 Å². The van der Waals surface area contributed by atoms with E-state index in [4.69, 9.17) is 4.74 Å². The van der Waals surface area contributed by atoms with E-state index in [2.05, 4.69) is 10.6 Å². The molecule has 112 valence electrons. The second-order valence-corrected chi connectivity index (χ2v) is 4.91. The number of hydrogen-bond donors (Lipinski definition) is 3. The highest BCUT2D eigenvalue weighted by atomic mass is 16.5. The zero-order chi connectivity index (χ0) is 14.8. The molecule has 20 heavy (non-hydrogen) atoms. The van der Waals surface area contributed by atoms with Crippen LogP contribution >= 0.6 is 0 Å². The van der Waals surface area contributed by atoms with Crippen molar-refractivity contribution >= 4 is 5.91 Å². The minimum absolute atomic E-state index is 0.0195. The third kappa shape index (κ3) is 6.14. The van der Waals surface area contributed by atoms with E-state index in [1.165, 1.54) is 0 Å². The van der Waals surface area contributed by atoms with Gasteiger partial charge >= 0.3 is 0 Å². The van der Waals surface area contributed by atoms with Gasteiger partial charge in [-0.2, -0.15) is 0 Å². The number of carbonyl (C=O) groups is 1. The van der Waals surface area contributed by atoms with E-state index in [-0.39, 0.29) is 5.91 Å². The van der Waals surface area contributed by atoms with Gasteiger partial charge in [-0.3, -0.25) is 4.79 Å². The Morgan fingerprint density at radius 1 is 1.30 bits per heavy atom. The number of methoxy groups -OCH3 is 1. The number of rotatable bonds is 9. The quantitative estimate of drug-likeness (QED) is 0.581. The van der Waals surface area contributed by atoms with Crippen LogP contribution in [-0.2, 0) is 15.1 Å². The molecule has 0 saturated carbocycles. The molecule has 0 heterocycles. The van der Waals surface area contributed by atoms with Gasteiger partial charge in [0.1, 0.15) is 0 Å². The lowest BCUT2D eigenvalue weighted by Crippen LogP contribution is -2.37. The van der Waals surface area contributed by atoms with E-state index in [0.29, 0.717) is 32.7 Å². The summed E-state index contributed by atoms with van der Waals surface area (Å²) in [7, 11) is 1.60. The molecule has 0 aromatic heterocycles. The van der Waals surface area contributed by atoms with Crippen molar-refractivity contribution in [2.24, 2.45) is 0 Å². The zero-order valence-corrected chi connectivity index (χ0v) is 12.2. The summed E-state index contributed by atoms with van der Waals surface area (Å²) in [5, 5.41) is 16.2. The van der Waals surface area contributed by atoms with Crippen LogP contribution in [0.5, 0.6) is 0 Å². The summed E-state index contributed by atoms with van der Waals surface area (Å²) in [6.07, 6.45) is 0.384. The van der Waals surface area contributed by atoms with Crippen molar-refractivity contribution in [1.29, 1.82) is 0 Å². The van der Waals surface area contributed by atoms with Crippen LogP contribution in [0.15, 0.2) is 30.3 Å². The van der Waals surface area contributed by atoms with Gasteiger partial charge < -0.3 is 20.5 Å². The van der Waals surface area contributed by atoms with Crippen molar-refractivity contribution in [1.82, 2.24) is 10.6 Å². The third-order valence-electron chi connectivity index (χ3n) is 3.02. The molecule has 1 aromatic carbocycles. The van der Waals surface area contributed by atoms with Gasteiger partial charge in [-0.05, 0) is 12.5 Å². The lowest BCUT2D eigenvalue weighted by atomic mass is 9.96. The molecule has 1 amide bonds. The molecule has 0 aliphatic rings. The summed E-state index contributed by atoms with van der Waals surface area (Å²) in [6, 6.07) is 9.48. The molecule has 1 rings (SSSR count). The highest BCUT2D eigenvalue weighted by Gasteiger charge is 2.21. The molecule has 1 atom stereocenters. The van der Waals surface area contributed by atoms with E-state index in [9.17, 15) is 9.90 Å². The number of hydrogen-bond acceptors (Lipinski definition) is 4. The molecule has 0 radical (unpaired) electrons. The molecule has 0 fully saturated rings. The standard InChI is InChI=1S/C15H24N2O3/c1-15(19,13-6-4-3-5-7-13)12-16-9-8-14(18)17-10-11-20-2/h3-7,16,19H,8-12H2,1-2H3,(H,17,18). The molecule has 5 nitrogen and oxygen atoms in total. The fourth-order valence-electron chi connectivity index (χ4n) is 1.81. The first-order chi connectivity index (χ1) is 9.56. The van der Waals surface area contributed by atoms with Crippen LogP contribution in [-0.4, -0.2) is 44.4 Å². The van der Waals surface area contributed by atoms with Crippen LogP contribution in [0.3, 0.4) is 0 Å². The number of ether oxygens (including phenoxy) is 1. The van der Waals surface area contributed by atoms with Gasteiger partial charge in [-0.15, -0.1) is 0 Å². The molecule has 5 heteroatoms. The highest BCUT2D eigenvalue weighted by molar-refractivity contribution is 5.76. The van der Waals surface area contributed by atoms with Crippen molar-refractivity contribution < 1.29 is 14.6 Å². The Morgan fingerprint density at radius 3 is 2.65 bits per heavy atom. The Kier molecular flexibility index (Phi) is 7.22. The van der Waals surface area contributed by atoms with Crippen molar-refractivity contribution in [3.63, 3.8) is 0 Å². The Hall–Kier alpha value is -1.43. The molecule has 3 N–H and O–H groups in total. The van der Waals surface area contributed by atoms with E-state index in [0.717, 1.165) is 5.56 Å². The summed E-state index contributed by atoms with van der Waals surface area (Å²) < 4.78 is 4.85. The van der Waals surface area contributed by atoms with Gasteiger partial charge in [0.15, 0.2) is 0 Å². The molecule has 0 saturated heterocycles. The first-order valence-corrected chi connectivity index (χ1v) is 6.80. The van der Waals surface area contributed by atoms with Gasteiger partial charge in [0.2, 0.25) is 5.91 Å². The number of nitrogens with one attached hydrogen (secondary N) is 2. The summed E-state index contributed by atoms with van der Waals surface area (Å²) >= 11 is 0. The third-order valence-corrected chi connectivity index (χ3v) is 3.02. The van der Waals surface area contributed by atoms with E-state index < -0.39 is 5.60 Å². The fourth-order valence-corrected chi connectivity index (χ4v) is 1.81. The fraction of sp³-hybridized carbons (Fsp3) is 0.533. The Labute approximate surface area is 120 Å². The van der Waals surface area contributed by atoms with Gasteiger partial charge in [0, 0.05) is 33.2 Å². The maximum Gasteiger partial charge on any atom is 0.221 e. The summed E-state index contributed by atoms with van der Waals surface area (Å²) in [5.41, 5.74) is -0.0783. The average Bonchev–Trinajstić information content (AvgIpc) is 2.45. The molecule has 0 aliphatic carbocycles. The van der Waals surface area contributed by atoms with Crippen LogP contribution in [0, 0.1) is 0 Å². The van der Waals surface area contributed by atoms with E-state index >= 15 is 0 Å². The number of carbonyl (C=O) groups excluding carboxylic acids is 1. The largest absolute Gasteiger partial charge is 0.384 e. The van der Waals surface area contributed by atoms with Crippen molar-refractivity contribution in [3.05, 3.63) is 35.9 Å². The molecular weight excluding hydrogens is 256 g/mol. The predicted octanol–water partition coefficient (Wildman–Crippen LogP) is 0.636. The Bertz CT molecular complexity index is 393. The molecule has 0 spiro atoms. The molecule has 1 aromatic rings. The summed E-state index contributed by atoms with van der Waals surface area (Å²) in [6.45, 7) is 3.73. The van der Waals surface area contributed by atoms with Crippen molar-refractivity contribution in [3.8, 4) is 0 Å². The van der Waals surface area contributed by atoms with E-state index in [1.54, 1.807) is 14.0 Å². The smallest absolute Gasteiger partial charge is 0.221 e. The number of amides is 1. The maximum atomic E-state index is 11.4. The lowest BCUT2D eigenvalue weighted by Gasteiger charge is -2.24. The normalized spacial score (nSPS) is 13.8. The van der Waals surface area contributed by atoms with Crippen LogP contribution in [0.4, 0.5) is 0 Å². The topological polar surface area (TPSA) is 70.6 Å². The first kappa shape index (κ1) is 16.6.